The summed E-state index contributed by atoms with van der Waals surface area (Å²) in [5, 5.41) is 4.60. The Morgan fingerprint density at radius 2 is 1.80 bits per heavy atom. The molecule has 0 bridgehead atoms. The van der Waals surface area contributed by atoms with E-state index in [1.165, 1.54) is 5.56 Å². The number of halogens is 2. The standard InChI is InChI=1S/C15H17Cl2N3/c1-3-13-19-14(17)10(2)15(20-13)18-9-8-11-4-6-12(16)7-5-11/h4-7H,3,8-9H2,1-2H3,(H,18,19,20). The molecule has 0 spiro atoms. The summed E-state index contributed by atoms with van der Waals surface area (Å²) >= 11 is 12.0. The van der Waals surface area contributed by atoms with Gasteiger partial charge in [0.15, 0.2) is 0 Å². The van der Waals surface area contributed by atoms with Gasteiger partial charge in [-0.2, -0.15) is 0 Å². The van der Waals surface area contributed by atoms with Crippen LogP contribution in [0.25, 0.3) is 0 Å². The summed E-state index contributed by atoms with van der Waals surface area (Å²) in [6.45, 7) is 4.73. The summed E-state index contributed by atoms with van der Waals surface area (Å²) in [6.07, 6.45) is 1.67. The Balaban J connectivity index is 2.00. The topological polar surface area (TPSA) is 37.8 Å². The molecule has 1 N–H and O–H groups in total. The molecule has 0 unspecified atom stereocenters. The van der Waals surface area contributed by atoms with Gasteiger partial charge >= 0.3 is 0 Å². The van der Waals surface area contributed by atoms with E-state index in [0.29, 0.717) is 5.15 Å². The van der Waals surface area contributed by atoms with E-state index in [1.807, 2.05) is 38.1 Å². The number of benzene rings is 1. The Kier molecular flexibility index (Phi) is 5.21. The minimum Gasteiger partial charge on any atom is -0.369 e. The van der Waals surface area contributed by atoms with Crippen LogP contribution in [0.15, 0.2) is 24.3 Å². The largest absolute Gasteiger partial charge is 0.369 e. The predicted molar refractivity (Wildman–Crippen MR) is 84.8 cm³/mol. The molecular formula is C15H17Cl2N3. The minimum absolute atomic E-state index is 0.519. The van der Waals surface area contributed by atoms with E-state index < -0.39 is 0 Å². The highest BCUT2D eigenvalue weighted by Crippen LogP contribution is 2.20. The molecule has 0 saturated carbocycles. The summed E-state index contributed by atoms with van der Waals surface area (Å²) in [7, 11) is 0. The quantitative estimate of drug-likeness (QED) is 0.836. The number of hydrogen-bond donors (Lipinski definition) is 1. The van der Waals surface area contributed by atoms with E-state index >= 15 is 0 Å². The van der Waals surface area contributed by atoms with E-state index in [1.54, 1.807) is 0 Å². The summed E-state index contributed by atoms with van der Waals surface area (Å²) in [5.74, 6) is 1.57. The first-order chi connectivity index (χ1) is 9.60. The summed E-state index contributed by atoms with van der Waals surface area (Å²) < 4.78 is 0. The van der Waals surface area contributed by atoms with Crippen molar-refractivity contribution in [3.63, 3.8) is 0 Å². The number of nitrogens with one attached hydrogen (secondary N) is 1. The Hall–Kier alpha value is -1.32. The molecule has 2 rings (SSSR count). The smallest absolute Gasteiger partial charge is 0.137 e. The van der Waals surface area contributed by atoms with Crippen LogP contribution in [0.5, 0.6) is 0 Å². The molecule has 3 nitrogen and oxygen atoms in total. The first kappa shape index (κ1) is 15.1. The molecule has 1 aromatic carbocycles. The summed E-state index contributed by atoms with van der Waals surface area (Å²) in [5.41, 5.74) is 2.12. The van der Waals surface area contributed by atoms with E-state index in [-0.39, 0.29) is 0 Å². The van der Waals surface area contributed by atoms with Gasteiger partial charge in [-0.1, -0.05) is 42.3 Å². The van der Waals surface area contributed by atoms with Crippen molar-refractivity contribution in [1.29, 1.82) is 0 Å². The van der Waals surface area contributed by atoms with Gasteiger partial charge in [-0.05, 0) is 31.0 Å². The van der Waals surface area contributed by atoms with Crippen LogP contribution < -0.4 is 5.32 Å². The van der Waals surface area contributed by atoms with Crippen molar-refractivity contribution < 1.29 is 0 Å². The van der Waals surface area contributed by atoms with Gasteiger partial charge in [-0.25, -0.2) is 9.97 Å². The van der Waals surface area contributed by atoms with Gasteiger partial charge in [0.2, 0.25) is 0 Å². The van der Waals surface area contributed by atoms with E-state index in [2.05, 4.69) is 15.3 Å². The number of aryl methyl sites for hydroxylation is 1. The molecular weight excluding hydrogens is 293 g/mol. The Morgan fingerprint density at radius 1 is 1.10 bits per heavy atom. The van der Waals surface area contributed by atoms with Crippen LogP contribution in [0, 0.1) is 6.92 Å². The lowest BCUT2D eigenvalue weighted by molar-refractivity contribution is 0.915. The van der Waals surface area contributed by atoms with Crippen molar-refractivity contribution in [2.75, 3.05) is 11.9 Å². The molecule has 0 aliphatic heterocycles. The second-order valence-electron chi connectivity index (χ2n) is 4.56. The maximum Gasteiger partial charge on any atom is 0.137 e. The zero-order valence-corrected chi connectivity index (χ0v) is 13.1. The maximum absolute atomic E-state index is 6.11. The first-order valence-electron chi connectivity index (χ1n) is 6.61. The number of hydrogen-bond acceptors (Lipinski definition) is 3. The van der Waals surface area contributed by atoms with Gasteiger partial charge in [-0.15, -0.1) is 0 Å². The zero-order valence-electron chi connectivity index (χ0n) is 11.6. The third-order valence-electron chi connectivity index (χ3n) is 3.07. The first-order valence-corrected chi connectivity index (χ1v) is 7.37. The SMILES string of the molecule is CCc1nc(Cl)c(C)c(NCCc2ccc(Cl)cc2)n1. The van der Waals surface area contributed by atoms with Gasteiger partial charge in [0.1, 0.15) is 16.8 Å². The predicted octanol–water partition coefficient (Wildman–Crippen LogP) is 4.31. The van der Waals surface area contributed by atoms with Crippen LogP contribution in [0.4, 0.5) is 5.82 Å². The highest BCUT2D eigenvalue weighted by atomic mass is 35.5. The lowest BCUT2D eigenvalue weighted by Crippen LogP contribution is -2.10. The van der Waals surface area contributed by atoms with Crippen LogP contribution in [0.2, 0.25) is 10.2 Å². The van der Waals surface area contributed by atoms with E-state index in [9.17, 15) is 0 Å². The maximum atomic E-state index is 6.11. The second kappa shape index (κ2) is 6.91. The average molecular weight is 310 g/mol. The van der Waals surface area contributed by atoms with Crippen LogP contribution in [-0.4, -0.2) is 16.5 Å². The molecule has 1 heterocycles. The van der Waals surface area contributed by atoms with Crippen LogP contribution in [-0.2, 0) is 12.8 Å². The molecule has 1 aromatic heterocycles. The summed E-state index contributed by atoms with van der Waals surface area (Å²) in [4.78, 5) is 8.70. The second-order valence-corrected chi connectivity index (χ2v) is 5.36. The molecule has 20 heavy (non-hydrogen) atoms. The third kappa shape index (κ3) is 3.84. The molecule has 5 heteroatoms. The van der Waals surface area contributed by atoms with Gasteiger partial charge in [0.05, 0.1) is 0 Å². The molecule has 0 radical (unpaired) electrons. The minimum atomic E-state index is 0.519. The molecule has 0 atom stereocenters. The van der Waals surface area contributed by atoms with Crippen molar-refractivity contribution in [2.24, 2.45) is 0 Å². The van der Waals surface area contributed by atoms with Crippen molar-refractivity contribution in [3.05, 3.63) is 51.4 Å². The fourth-order valence-electron chi connectivity index (χ4n) is 1.84. The summed E-state index contributed by atoms with van der Waals surface area (Å²) in [6, 6.07) is 7.86. The van der Waals surface area contributed by atoms with Crippen molar-refractivity contribution in [1.82, 2.24) is 9.97 Å². The van der Waals surface area contributed by atoms with Gasteiger partial charge in [-0.3, -0.25) is 0 Å². The fraction of sp³-hybridized carbons (Fsp3) is 0.333. The van der Waals surface area contributed by atoms with Gasteiger partial charge < -0.3 is 5.32 Å². The molecule has 0 fully saturated rings. The monoisotopic (exact) mass is 309 g/mol. The lowest BCUT2D eigenvalue weighted by atomic mass is 10.1. The van der Waals surface area contributed by atoms with Crippen molar-refractivity contribution in [3.8, 4) is 0 Å². The van der Waals surface area contributed by atoms with Gasteiger partial charge in [0, 0.05) is 23.6 Å². The van der Waals surface area contributed by atoms with E-state index in [0.717, 1.165) is 41.6 Å². The molecule has 0 aliphatic carbocycles. The molecule has 106 valence electrons. The van der Waals surface area contributed by atoms with Crippen LogP contribution in [0.3, 0.4) is 0 Å². The molecule has 0 amide bonds. The van der Waals surface area contributed by atoms with E-state index in [4.69, 9.17) is 23.2 Å². The Labute approximate surface area is 129 Å². The average Bonchev–Trinajstić information content (AvgIpc) is 2.45. The highest BCUT2D eigenvalue weighted by Gasteiger charge is 2.07. The Bertz CT molecular complexity index is 582. The number of anilines is 1. The lowest BCUT2D eigenvalue weighted by Gasteiger charge is -2.11. The fourth-order valence-corrected chi connectivity index (χ4v) is 2.15. The normalized spacial score (nSPS) is 10.6. The zero-order chi connectivity index (χ0) is 14.5. The molecule has 2 aromatic rings. The number of aromatic nitrogens is 2. The van der Waals surface area contributed by atoms with Gasteiger partial charge in [0.25, 0.3) is 0 Å². The number of rotatable bonds is 5. The molecule has 0 saturated heterocycles. The molecule has 0 aliphatic rings. The number of nitrogens with zero attached hydrogens (tertiary/aromatic N) is 2. The highest BCUT2D eigenvalue weighted by molar-refractivity contribution is 6.30. The van der Waals surface area contributed by atoms with Crippen LogP contribution >= 0.6 is 23.2 Å². The van der Waals surface area contributed by atoms with Crippen LogP contribution in [0.1, 0.15) is 23.9 Å². The van der Waals surface area contributed by atoms with Crippen molar-refractivity contribution >= 4 is 29.0 Å². The Morgan fingerprint density at radius 3 is 2.45 bits per heavy atom. The van der Waals surface area contributed by atoms with Crippen molar-refractivity contribution in [2.45, 2.75) is 26.7 Å². The third-order valence-corrected chi connectivity index (χ3v) is 3.69.